The van der Waals surface area contributed by atoms with E-state index < -0.39 is 0 Å². The van der Waals surface area contributed by atoms with Gasteiger partial charge in [-0.25, -0.2) is 0 Å². The molecule has 5 heteroatoms. The molecule has 0 spiro atoms. The number of hydrogen-bond donors (Lipinski definition) is 2. The van der Waals surface area contributed by atoms with Crippen molar-refractivity contribution in [3.63, 3.8) is 0 Å². The van der Waals surface area contributed by atoms with Gasteiger partial charge < -0.3 is 10.6 Å². The largest absolute Gasteiger partial charge is 0.356 e. The minimum atomic E-state index is 0.293. The zero-order valence-electron chi connectivity index (χ0n) is 14.2. The van der Waals surface area contributed by atoms with Crippen LogP contribution in [0.15, 0.2) is 17.4 Å². The third-order valence-corrected chi connectivity index (χ3v) is 3.63. The molecule has 21 heavy (non-hydrogen) atoms. The first kappa shape index (κ1) is 17.5. The summed E-state index contributed by atoms with van der Waals surface area (Å²) in [6.07, 6.45) is 9.01. The van der Waals surface area contributed by atoms with E-state index in [1.807, 2.05) is 31.2 Å². The van der Waals surface area contributed by atoms with E-state index in [1.165, 1.54) is 25.7 Å². The van der Waals surface area contributed by atoms with Gasteiger partial charge in [0.2, 0.25) is 0 Å². The van der Waals surface area contributed by atoms with Gasteiger partial charge in [0.05, 0.1) is 6.20 Å². The molecule has 0 aromatic carbocycles. The molecule has 2 N–H and O–H groups in total. The predicted molar refractivity (Wildman–Crippen MR) is 89.3 cm³/mol. The van der Waals surface area contributed by atoms with Crippen LogP contribution < -0.4 is 10.6 Å². The van der Waals surface area contributed by atoms with E-state index in [2.05, 4.69) is 41.5 Å². The molecule has 0 aliphatic heterocycles. The monoisotopic (exact) mass is 293 g/mol. The van der Waals surface area contributed by atoms with Gasteiger partial charge in [0, 0.05) is 38.9 Å². The molecule has 0 aliphatic rings. The third-order valence-electron chi connectivity index (χ3n) is 3.63. The summed E-state index contributed by atoms with van der Waals surface area (Å²) in [6.45, 7) is 8.54. The minimum absolute atomic E-state index is 0.293. The Bertz CT molecular complexity index is 434. The number of unbranched alkanes of at least 4 members (excludes halogenated alkanes) is 2. The maximum Gasteiger partial charge on any atom is 0.191 e. The summed E-state index contributed by atoms with van der Waals surface area (Å²) < 4.78 is 1.81. The zero-order chi connectivity index (χ0) is 15.7. The Morgan fingerprint density at radius 2 is 2.10 bits per heavy atom. The zero-order valence-corrected chi connectivity index (χ0v) is 14.2. The van der Waals surface area contributed by atoms with Crippen molar-refractivity contribution >= 4 is 5.96 Å². The number of aromatic nitrogens is 2. The molecule has 0 saturated carbocycles. The van der Waals surface area contributed by atoms with Gasteiger partial charge in [-0.3, -0.25) is 9.67 Å². The molecule has 1 heterocycles. The van der Waals surface area contributed by atoms with E-state index in [-0.39, 0.29) is 0 Å². The molecule has 1 rings (SSSR count). The van der Waals surface area contributed by atoms with Crippen LogP contribution in [0.3, 0.4) is 0 Å². The maximum absolute atomic E-state index is 4.28. The quantitative estimate of drug-likeness (QED) is 0.440. The standard InChI is InChI=1S/C16H31N5/c1-6-7-8-9-16(2,3)13-19-15(17-4)18-10-14-11-20-21(5)12-14/h11-12H,6-10,13H2,1-5H3,(H2,17,18,19). The number of nitrogens with one attached hydrogen (secondary N) is 2. The van der Waals surface area contributed by atoms with Gasteiger partial charge in [0.25, 0.3) is 0 Å². The molecule has 1 aromatic rings. The molecule has 0 saturated heterocycles. The van der Waals surface area contributed by atoms with E-state index in [0.29, 0.717) is 5.41 Å². The number of guanidine groups is 1. The molecule has 0 aliphatic carbocycles. The molecule has 0 unspecified atom stereocenters. The maximum atomic E-state index is 4.28. The summed E-state index contributed by atoms with van der Waals surface area (Å²) in [5.74, 6) is 0.849. The highest BCUT2D eigenvalue weighted by atomic mass is 15.2. The highest BCUT2D eigenvalue weighted by Crippen LogP contribution is 2.22. The fourth-order valence-corrected chi connectivity index (χ4v) is 2.23. The highest BCUT2D eigenvalue weighted by molar-refractivity contribution is 5.79. The molecular weight excluding hydrogens is 262 g/mol. The van der Waals surface area contributed by atoms with Crippen LogP contribution in [0.2, 0.25) is 0 Å². The Morgan fingerprint density at radius 3 is 2.67 bits per heavy atom. The lowest BCUT2D eigenvalue weighted by Crippen LogP contribution is -2.41. The lowest BCUT2D eigenvalue weighted by atomic mass is 9.87. The number of hydrogen-bond acceptors (Lipinski definition) is 2. The Labute approximate surface area is 129 Å². The van der Waals surface area contributed by atoms with Crippen molar-refractivity contribution in [3.8, 4) is 0 Å². The van der Waals surface area contributed by atoms with E-state index in [4.69, 9.17) is 0 Å². The fourth-order valence-electron chi connectivity index (χ4n) is 2.23. The molecule has 0 amide bonds. The van der Waals surface area contributed by atoms with Crippen LogP contribution in [0.1, 0.15) is 52.0 Å². The van der Waals surface area contributed by atoms with Crippen molar-refractivity contribution in [3.05, 3.63) is 18.0 Å². The number of aliphatic imine (C=N–C) groups is 1. The Hall–Kier alpha value is -1.52. The minimum Gasteiger partial charge on any atom is -0.356 e. The second kappa shape index (κ2) is 8.70. The summed E-state index contributed by atoms with van der Waals surface area (Å²) in [5, 5.41) is 10.9. The average Bonchev–Trinajstić information content (AvgIpc) is 2.85. The highest BCUT2D eigenvalue weighted by Gasteiger charge is 2.17. The van der Waals surface area contributed by atoms with Crippen LogP contribution in [0.4, 0.5) is 0 Å². The van der Waals surface area contributed by atoms with Crippen LogP contribution in [0.5, 0.6) is 0 Å². The van der Waals surface area contributed by atoms with Crippen LogP contribution in [0, 0.1) is 5.41 Å². The van der Waals surface area contributed by atoms with Gasteiger partial charge in [0.15, 0.2) is 5.96 Å². The summed E-state index contributed by atoms with van der Waals surface area (Å²) in [4.78, 5) is 4.28. The van der Waals surface area contributed by atoms with E-state index >= 15 is 0 Å². The van der Waals surface area contributed by atoms with Crippen molar-refractivity contribution in [2.75, 3.05) is 13.6 Å². The van der Waals surface area contributed by atoms with Gasteiger partial charge in [-0.2, -0.15) is 5.10 Å². The second-order valence-corrected chi connectivity index (χ2v) is 6.42. The molecule has 0 bridgehead atoms. The van der Waals surface area contributed by atoms with Crippen molar-refractivity contribution in [2.24, 2.45) is 17.5 Å². The van der Waals surface area contributed by atoms with Crippen molar-refractivity contribution in [1.82, 2.24) is 20.4 Å². The van der Waals surface area contributed by atoms with Crippen LogP contribution >= 0.6 is 0 Å². The van der Waals surface area contributed by atoms with Gasteiger partial charge in [0.1, 0.15) is 0 Å². The molecule has 120 valence electrons. The first-order valence-electron chi connectivity index (χ1n) is 7.89. The SMILES string of the molecule is CCCCCC(C)(C)CNC(=NC)NCc1cnn(C)c1. The Balaban J connectivity index is 2.33. The van der Waals surface area contributed by atoms with Crippen LogP contribution in [0.25, 0.3) is 0 Å². The molecule has 5 nitrogen and oxygen atoms in total. The predicted octanol–water partition coefficient (Wildman–Crippen LogP) is 2.69. The average molecular weight is 293 g/mol. The van der Waals surface area contributed by atoms with Crippen molar-refractivity contribution in [1.29, 1.82) is 0 Å². The van der Waals surface area contributed by atoms with Crippen LogP contribution in [-0.4, -0.2) is 29.3 Å². The van der Waals surface area contributed by atoms with Gasteiger partial charge in [-0.05, 0) is 11.8 Å². The van der Waals surface area contributed by atoms with Gasteiger partial charge in [-0.1, -0.05) is 40.0 Å². The summed E-state index contributed by atoms with van der Waals surface area (Å²) in [6, 6.07) is 0. The fraction of sp³-hybridized carbons (Fsp3) is 0.750. The number of nitrogens with zero attached hydrogens (tertiary/aromatic N) is 3. The summed E-state index contributed by atoms with van der Waals surface area (Å²) in [5.41, 5.74) is 1.45. The smallest absolute Gasteiger partial charge is 0.191 e. The Kier molecular flexibility index (Phi) is 7.26. The Morgan fingerprint density at radius 1 is 1.33 bits per heavy atom. The second-order valence-electron chi connectivity index (χ2n) is 6.42. The summed E-state index contributed by atoms with van der Waals surface area (Å²) >= 11 is 0. The molecule has 0 radical (unpaired) electrons. The van der Waals surface area contributed by atoms with E-state index in [1.54, 1.807) is 0 Å². The third kappa shape index (κ3) is 7.16. The molecule has 1 aromatic heterocycles. The molecular formula is C16H31N5. The topological polar surface area (TPSA) is 54.2 Å². The lowest BCUT2D eigenvalue weighted by molar-refractivity contribution is 0.318. The van der Waals surface area contributed by atoms with Crippen molar-refractivity contribution in [2.45, 2.75) is 53.0 Å². The number of aryl methyl sites for hydroxylation is 1. The van der Waals surface area contributed by atoms with Gasteiger partial charge in [-0.15, -0.1) is 0 Å². The molecule has 0 atom stereocenters. The normalized spacial score (nSPS) is 12.5. The van der Waals surface area contributed by atoms with E-state index in [0.717, 1.165) is 24.6 Å². The summed E-state index contributed by atoms with van der Waals surface area (Å²) in [7, 11) is 3.73. The lowest BCUT2D eigenvalue weighted by Gasteiger charge is -2.26. The first-order chi connectivity index (χ1) is 9.96. The van der Waals surface area contributed by atoms with Gasteiger partial charge >= 0.3 is 0 Å². The van der Waals surface area contributed by atoms with Crippen molar-refractivity contribution < 1.29 is 0 Å². The van der Waals surface area contributed by atoms with Crippen LogP contribution in [-0.2, 0) is 13.6 Å². The number of rotatable bonds is 8. The molecule has 0 fully saturated rings. The van der Waals surface area contributed by atoms with E-state index in [9.17, 15) is 0 Å². The first-order valence-corrected chi connectivity index (χ1v) is 7.89.